The minimum Gasteiger partial charge on any atom is -0.455 e. The van der Waals surface area contributed by atoms with E-state index in [-0.39, 0.29) is 28.2 Å². The average molecular weight is 1520 g/mol. The predicted octanol–water partition coefficient (Wildman–Crippen LogP) is 25.0. The van der Waals surface area contributed by atoms with E-state index in [0.29, 0.717) is 21.3 Å². The van der Waals surface area contributed by atoms with E-state index in [1.54, 1.807) is 48.5 Å². The first-order valence-electron chi connectivity index (χ1n) is 33.3. The van der Waals surface area contributed by atoms with Crippen molar-refractivity contribution in [2.45, 2.75) is 0 Å². The third kappa shape index (κ3) is 11.8. The maximum absolute atomic E-state index is 12.7. The molecule has 17 heteroatoms. The van der Waals surface area contributed by atoms with Gasteiger partial charge in [-0.15, -0.1) is 0 Å². The molecule has 0 saturated heterocycles. The molecule has 20 rings (SSSR count). The first-order valence-corrected chi connectivity index (χ1v) is 34.9. The molecular formula is C90H47Br2F3N10O2. The zero-order chi connectivity index (χ0) is 73.6. The monoisotopic (exact) mass is 1510 g/mol. The highest BCUT2D eigenvalue weighted by Crippen LogP contribution is 2.47. The molecule has 0 aliphatic carbocycles. The number of nitrogens with zero attached hydrogens (tertiary/aromatic N) is 9. The van der Waals surface area contributed by atoms with Crippen LogP contribution in [-0.4, -0.2) is 18.7 Å². The predicted molar refractivity (Wildman–Crippen MR) is 424 cm³/mol. The van der Waals surface area contributed by atoms with Gasteiger partial charge in [0, 0.05) is 64.5 Å². The molecule has 0 atom stereocenters. The van der Waals surface area contributed by atoms with Gasteiger partial charge in [0.15, 0.2) is 0 Å². The van der Waals surface area contributed by atoms with Crippen LogP contribution in [0.15, 0.2) is 297 Å². The van der Waals surface area contributed by atoms with Crippen LogP contribution in [-0.2, 0) is 0 Å². The Morgan fingerprint density at radius 1 is 0.336 bits per heavy atom. The number of para-hydroxylation sites is 6. The van der Waals surface area contributed by atoms with Crippen LogP contribution >= 0.6 is 31.9 Å². The van der Waals surface area contributed by atoms with Crippen LogP contribution in [0.25, 0.3) is 153 Å². The summed E-state index contributed by atoms with van der Waals surface area (Å²) in [5.41, 5.74) is 16.5. The molecule has 0 saturated carbocycles. The Morgan fingerprint density at radius 3 is 1.22 bits per heavy atom. The summed E-state index contributed by atoms with van der Waals surface area (Å²) in [5.74, 6) is -1.53. The molecule has 107 heavy (non-hydrogen) atoms. The van der Waals surface area contributed by atoms with Crippen LogP contribution in [0.1, 0.15) is 27.8 Å². The number of H-pyrrole nitrogens is 1. The number of hydrogen-bond acceptors (Lipinski definition) is 7. The summed E-state index contributed by atoms with van der Waals surface area (Å²) in [4.78, 5) is 6.45. The standard InChI is InChI=1S/C38H20N4O.C30H18N2O.2C8H3FN2.C6H3Br2F/c39-21-23-14-15-24(22-40)34(20-23)42-31-13-7-5-11-29(31)36-33(42)19-17-27-26-16-18-32-35(37(26)43-38(27)36)28-10-4-6-12-30(28)41(32)25-8-2-1-3-9-25;1-2-8-18(9-3-1)32-25-13-7-5-11-22(25)28-26(32)17-15-20-19-14-16-24-27(29(19)33-30(20)28)21-10-4-6-12-23(21)31-24;1-11-8-3-2-6(5-10)4-7(8)9;9-8-3-6(4-10)1-2-7(8)5-11;7-4-1-2-5(8)6(9)3-4/h1-20H;1-17,31H;2-4H;1-3H;1-3H. The van der Waals surface area contributed by atoms with Crippen LogP contribution in [0.5, 0.6) is 0 Å². The van der Waals surface area contributed by atoms with Gasteiger partial charge in [-0.05, 0) is 174 Å². The fourth-order valence-electron chi connectivity index (χ4n) is 14.1. The lowest BCUT2D eigenvalue weighted by Crippen LogP contribution is -1.98. The number of benzene rings is 14. The Morgan fingerprint density at radius 2 is 0.757 bits per heavy atom. The Hall–Kier alpha value is -14.4. The normalized spacial score (nSPS) is 11.0. The van der Waals surface area contributed by atoms with Crippen LogP contribution in [0, 0.1) is 80.7 Å². The van der Waals surface area contributed by atoms with Gasteiger partial charge in [-0.2, -0.15) is 26.3 Å². The van der Waals surface area contributed by atoms with Gasteiger partial charge >= 0.3 is 0 Å². The lowest BCUT2D eigenvalue weighted by molar-refractivity contribution is 0.620. The summed E-state index contributed by atoms with van der Waals surface area (Å²) in [7, 11) is 0. The molecule has 504 valence electrons. The lowest BCUT2D eigenvalue weighted by atomic mass is 10.1. The van der Waals surface area contributed by atoms with Crippen molar-refractivity contribution in [1.29, 1.82) is 26.3 Å². The van der Waals surface area contributed by atoms with Crippen molar-refractivity contribution in [3.05, 3.63) is 345 Å². The van der Waals surface area contributed by atoms with Crippen LogP contribution in [0.4, 0.5) is 18.9 Å². The third-order valence-corrected chi connectivity index (χ3v) is 19.9. The topological polar surface area (TPSA) is 180 Å². The molecule has 12 nitrogen and oxygen atoms in total. The summed E-state index contributed by atoms with van der Waals surface area (Å²) < 4.78 is 59.5. The second-order valence-electron chi connectivity index (χ2n) is 24.8. The van der Waals surface area contributed by atoms with Crippen molar-refractivity contribution >= 4 is 169 Å². The first-order chi connectivity index (χ1) is 52.4. The largest absolute Gasteiger partial charge is 0.455 e. The van der Waals surface area contributed by atoms with E-state index in [1.807, 2.05) is 18.2 Å². The molecule has 0 fully saturated rings. The maximum Gasteiger partial charge on any atom is 0.222 e. The highest BCUT2D eigenvalue weighted by atomic mass is 79.9. The summed E-state index contributed by atoms with van der Waals surface area (Å²) in [6, 6.07) is 99.3. The Bertz CT molecular complexity index is 7240. The highest BCUT2D eigenvalue weighted by molar-refractivity contribution is 9.11. The van der Waals surface area contributed by atoms with Crippen molar-refractivity contribution in [3.8, 4) is 47.4 Å². The molecule has 0 amide bonds. The number of aromatic amines is 1. The number of hydrogen-bond donors (Lipinski definition) is 1. The van der Waals surface area contributed by atoms with Gasteiger partial charge in [-0.25, -0.2) is 18.0 Å². The number of aromatic nitrogens is 4. The van der Waals surface area contributed by atoms with Crippen molar-refractivity contribution in [3.63, 3.8) is 0 Å². The van der Waals surface area contributed by atoms with E-state index in [0.717, 1.165) is 143 Å². The van der Waals surface area contributed by atoms with Crippen LogP contribution < -0.4 is 0 Å². The van der Waals surface area contributed by atoms with Gasteiger partial charge in [-0.3, -0.25) is 0 Å². The second kappa shape index (κ2) is 28.1. The lowest BCUT2D eigenvalue weighted by Gasteiger charge is -2.10. The smallest absolute Gasteiger partial charge is 0.222 e. The summed E-state index contributed by atoms with van der Waals surface area (Å²) in [6.07, 6.45) is 0. The zero-order valence-electron chi connectivity index (χ0n) is 55.8. The molecule has 0 aliphatic heterocycles. The highest BCUT2D eigenvalue weighted by Gasteiger charge is 2.25. The number of furan rings is 2. The molecule has 0 spiro atoms. The van der Waals surface area contributed by atoms with Crippen molar-refractivity contribution in [2.75, 3.05) is 0 Å². The molecule has 0 bridgehead atoms. The molecule has 20 aromatic rings. The number of rotatable bonds is 3. The molecule has 6 aromatic heterocycles. The van der Waals surface area contributed by atoms with Gasteiger partial charge in [0.25, 0.3) is 0 Å². The Kier molecular flexibility index (Phi) is 17.6. The quantitative estimate of drug-likeness (QED) is 0.135. The number of nitrogens with one attached hydrogen (secondary N) is 1. The van der Waals surface area contributed by atoms with E-state index in [2.05, 4.69) is 256 Å². The van der Waals surface area contributed by atoms with E-state index < -0.39 is 11.6 Å². The second-order valence-corrected chi connectivity index (χ2v) is 26.6. The average Bonchev–Trinajstić information content (AvgIpc) is 1.55. The van der Waals surface area contributed by atoms with Gasteiger partial charge in [0.1, 0.15) is 51.9 Å². The van der Waals surface area contributed by atoms with Crippen LogP contribution in [0.2, 0.25) is 0 Å². The summed E-state index contributed by atoms with van der Waals surface area (Å²) in [5, 5.41) is 58.0. The first kappa shape index (κ1) is 67.1. The Labute approximate surface area is 623 Å². The van der Waals surface area contributed by atoms with E-state index in [4.69, 9.17) is 31.2 Å². The van der Waals surface area contributed by atoms with E-state index >= 15 is 0 Å². The number of nitriles is 5. The third-order valence-electron chi connectivity index (χ3n) is 18.8. The van der Waals surface area contributed by atoms with Gasteiger partial charge in [-0.1, -0.05) is 137 Å². The number of halogens is 5. The fourth-order valence-corrected chi connectivity index (χ4v) is 14.7. The molecule has 0 aliphatic rings. The van der Waals surface area contributed by atoms with Crippen LogP contribution in [0.3, 0.4) is 0 Å². The minimum absolute atomic E-state index is 0.0380. The molecular weight excluding hydrogens is 1470 g/mol. The van der Waals surface area contributed by atoms with Gasteiger partial charge in [0.05, 0.1) is 123 Å². The number of fused-ring (bicyclic) bond motifs is 22. The van der Waals surface area contributed by atoms with E-state index in [9.17, 15) is 23.7 Å². The summed E-state index contributed by atoms with van der Waals surface area (Å²) in [6.45, 7) is 6.51. The minimum atomic E-state index is -0.647. The van der Waals surface area contributed by atoms with Crippen molar-refractivity contribution in [2.24, 2.45) is 0 Å². The molecule has 0 radical (unpaired) electrons. The van der Waals surface area contributed by atoms with Gasteiger partial charge in [0.2, 0.25) is 5.69 Å². The zero-order valence-corrected chi connectivity index (χ0v) is 59.0. The van der Waals surface area contributed by atoms with Crippen molar-refractivity contribution in [1.82, 2.24) is 18.7 Å². The van der Waals surface area contributed by atoms with Gasteiger partial charge < -0.3 is 27.5 Å². The molecule has 14 aromatic carbocycles. The van der Waals surface area contributed by atoms with E-state index in [1.165, 1.54) is 46.6 Å². The molecule has 1 N–H and O–H groups in total. The Balaban J connectivity index is 0.000000119. The SMILES string of the molecule is Fc1cc(Br)ccc1Br.N#Cc1ccc(C#N)c(-n2c3ccccc3c3c4oc5c(ccc6c5c5ccccc5n6-c5ccccc5)c4ccc32)c1.N#Cc1ccc(C#N)c(F)c1.[C-]#[N+]c1ccc(C#N)cc1F.c1ccc(-n2c3ccccc3c3c4oc5c(ccc6[nH]c7ccccc7c65)c4ccc32)cc1. The maximum atomic E-state index is 12.7. The molecule has 0 unspecified atom stereocenters. The van der Waals surface area contributed by atoms with Crippen molar-refractivity contribution < 1.29 is 22.0 Å². The molecule has 6 heterocycles. The summed E-state index contributed by atoms with van der Waals surface area (Å²) >= 11 is 6.17. The fraction of sp³-hybridized carbons (Fsp3) is 0.